The van der Waals surface area contributed by atoms with Gasteiger partial charge in [-0.25, -0.2) is 14.2 Å². The smallest absolute Gasteiger partial charge is 0.416 e. The molecule has 1 aromatic heterocycles. The highest BCUT2D eigenvalue weighted by Gasteiger charge is 2.31. The summed E-state index contributed by atoms with van der Waals surface area (Å²) in [7, 11) is 3.70. The van der Waals surface area contributed by atoms with E-state index in [0.717, 1.165) is 34.7 Å². The highest BCUT2D eigenvalue weighted by atomic mass is 19.4. The van der Waals surface area contributed by atoms with Crippen molar-refractivity contribution in [1.29, 1.82) is 0 Å². The molecule has 0 saturated heterocycles. The lowest BCUT2D eigenvalue weighted by Gasteiger charge is -2.15. The van der Waals surface area contributed by atoms with Gasteiger partial charge in [0.2, 0.25) is 0 Å². The minimum atomic E-state index is -4.70. The molecular weight excluding hydrogens is 415 g/mol. The Bertz CT molecular complexity index is 1240. The van der Waals surface area contributed by atoms with E-state index >= 15 is 0 Å². The first kappa shape index (κ1) is 21.9. The first-order valence-corrected chi connectivity index (χ1v) is 9.02. The van der Waals surface area contributed by atoms with Crippen LogP contribution in [0.3, 0.4) is 0 Å². The Morgan fingerprint density at radius 1 is 1.06 bits per heavy atom. The highest BCUT2D eigenvalue weighted by molar-refractivity contribution is 5.86. The first-order valence-electron chi connectivity index (χ1n) is 9.02. The molecular formula is C21H18F3N3O4. The van der Waals surface area contributed by atoms with Crippen LogP contribution >= 0.6 is 0 Å². The number of halogens is 3. The molecule has 2 aromatic carbocycles. The summed E-state index contributed by atoms with van der Waals surface area (Å²) in [4.78, 5) is 39.0. The third-order valence-electron chi connectivity index (χ3n) is 4.62. The van der Waals surface area contributed by atoms with Crippen LogP contribution < -0.4 is 16.1 Å². The molecule has 0 atom stereocenters. The Morgan fingerprint density at radius 2 is 1.71 bits per heavy atom. The number of aromatic carboxylic acids is 1. The van der Waals surface area contributed by atoms with Gasteiger partial charge in [-0.05, 0) is 35.9 Å². The van der Waals surface area contributed by atoms with Crippen LogP contribution in [0, 0.1) is 0 Å². The van der Waals surface area contributed by atoms with E-state index in [2.05, 4.69) is 0 Å². The topological polar surface area (TPSA) is 84.5 Å². The normalized spacial score (nSPS) is 11.4. The molecule has 31 heavy (non-hydrogen) atoms. The van der Waals surface area contributed by atoms with E-state index in [1.165, 1.54) is 0 Å². The fourth-order valence-corrected chi connectivity index (χ4v) is 3.01. The van der Waals surface area contributed by atoms with Crippen molar-refractivity contribution < 1.29 is 23.1 Å². The second kappa shape index (κ2) is 8.13. The van der Waals surface area contributed by atoms with Crippen molar-refractivity contribution in [2.75, 3.05) is 19.0 Å². The van der Waals surface area contributed by atoms with Crippen LogP contribution in [0.5, 0.6) is 0 Å². The SMILES string of the molecule is CN(C)c1ccc(Cn2cc(C(=O)O)c(=O)n(-c3cccc(C(F)(F)F)c3)c2=O)cc1. The maximum absolute atomic E-state index is 13.1. The Kier molecular flexibility index (Phi) is 5.74. The van der Waals surface area contributed by atoms with Gasteiger partial charge >= 0.3 is 17.8 Å². The molecule has 162 valence electrons. The van der Waals surface area contributed by atoms with Crippen LogP contribution in [0.2, 0.25) is 0 Å². The number of rotatable bonds is 5. The largest absolute Gasteiger partial charge is 0.477 e. The van der Waals surface area contributed by atoms with E-state index in [0.29, 0.717) is 16.2 Å². The molecule has 3 rings (SSSR count). The van der Waals surface area contributed by atoms with Gasteiger partial charge in [-0.1, -0.05) is 18.2 Å². The van der Waals surface area contributed by atoms with Crippen LogP contribution in [0.15, 0.2) is 64.3 Å². The van der Waals surface area contributed by atoms with Gasteiger partial charge in [-0.3, -0.25) is 9.36 Å². The van der Waals surface area contributed by atoms with Gasteiger partial charge in [-0.15, -0.1) is 0 Å². The summed E-state index contributed by atoms with van der Waals surface area (Å²) in [6.45, 7) is -0.0773. The number of carboxylic acids is 1. The van der Waals surface area contributed by atoms with E-state index in [9.17, 15) is 32.7 Å². The second-order valence-electron chi connectivity index (χ2n) is 7.01. The molecule has 0 bridgehead atoms. The number of aromatic nitrogens is 2. The van der Waals surface area contributed by atoms with Crippen molar-refractivity contribution in [2.45, 2.75) is 12.7 Å². The molecule has 0 saturated carbocycles. The van der Waals surface area contributed by atoms with Gasteiger partial charge in [0, 0.05) is 26.0 Å². The van der Waals surface area contributed by atoms with E-state index in [1.807, 2.05) is 19.0 Å². The minimum absolute atomic E-state index is 0.0773. The number of hydrogen-bond acceptors (Lipinski definition) is 4. The first-order chi connectivity index (χ1) is 14.5. The second-order valence-corrected chi connectivity index (χ2v) is 7.01. The molecule has 7 nitrogen and oxygen atoms in total. The number of benzene rings is 2. The predicted octanol–water partition coefficient (Wildman–Crippen LogP) is 2.83. The Morgan fingerprint density at radius 3 is 2.26 bits per heavy atom. The van der Waals surface area contributed by atoms with Gasteiger partial charge in [0.05, 0.1) is 17.8 Å². The van der Waals surface area contributed by atoms with Crippen LogP contribution in [0.25, 0.3) is 5.69 Å². The fourth-order valence-electron chi connectivity index (χ4n) is 3.01. The van der Waals surface area contributed by atoms with Crippen LogP contribution in [0.1, 0.15) is 21.5 Å². The lowest BCUT2D eigenvalue weighted by molar-refractivity contribution is -0.137. The molecule has 0 aliphatic heterocycles. The number of carbonyl (C=O) groups is 1. The zero-order chi connectivity index (χ0) is 22.9. The summed E-state index contributed by atoms with van der Waals surface area (Å²) in [6.07, 6.45) is -3.80. The van der Waals surface area contributed by atoms with Crippen molar-refractivity contribution in [3.63, 3.8) is 0 Å². The maximum atomic E-state index is 13.1. The van der Waals surface area contributed by atoms with E-state index in [-0.39, 0.29) is 12.2 Å². The fraction of sp³-hybridized carbons (Fsp3) is 0.190. The number of alkyl halides is 3. The van der Waals surface area contributed by atoms with Gasteiger partial charge in [0.15, 0.2) is 0 Å². The standard InChI is InChI=1S/C21H18F3N3O4/c1-25(2)15-8-6-13(7-9-15)11-26-12-17(19(29)30)18(28)27(20(26)31)16-5-3-4-14(10-16)21(22,23)24/h3-10,12H,11H2,1-2H3,(H,29,30). The minimum Gasteiger partial charge on any atom is -0.477 e. The molecule has 0 radical (unpaired) electrons. The molecule has 0 aliphatic carbocycles. The average Bonchev–Trinajstić information content (AvgIpc) is 2.70. The Labute approximate surface area is 174 Å². The Hall–Kier alpha value is -3.82. The van der Waals surface area contributed by atoms with Gasteiger partial charge < -0.3 is 10.0 Å². The molecule has 1 heterocycles. The average molecular weight is 433 g/mol. The lowest BCUT2D eigenvalue weighted by Crippen LogP contribution is -2.41. The van der Waals surface area contributed by atoms with E-state index in [4.69, 9.17) is 0 Å². The molecule has 1 N–H and O–H groups in total. The van der Waals surface area contributed by atoms with Crippen molar-refractivity contribution in [3.8, 4) is 5.69 Å². The Balaban J connectivity index is 2.17. The zero-order valence-electron chi connectivity index (χ0n) is 16.6. The molecule has 0 spiro atoms. The van der Waals surface area contributed by atoms with Crippen LogP contribution in [-0.2, 0) is 12.7 Å². The number of carboxylic acid groups (broad SMARTS) is 1. The quantitative estimate of drug-likeness (QED) is 0.669. The number of nitrogens with zero attached hydrogens (tertiary/aromatic N) is 3. The van der Waals surface area contributed by atoms with Crippen molar-refractivity contribution >= 4 is 11.7 Å². The monoisotopic (exact) mass is 433 g/mol. The number of anilines is 1. The molecule has 0 aliphatic rings. The lowest BCUT2D eigenvalue weighted by atomic mass is 10.2. The summed E-state index contributed by atoms with van der Waals surface area (Å²) >= 11 is 0. The zero-order valence-corrected chi connectivity index (χ0v) is 16.6. The summed E-state index contributed by atoms with van der Waals surface area (Å²) in [5.41, 5.74) is -2.80. The summed E-state index contributed by atoms with van der Waals surface area (Å²) in [5, 5.41) is 9.39. The molecule has 10 heteroatoms. The van der Waals surface area contributed by atoms with E-state index < -0.39 is 34.5 Å². The molecule has 3 aromatic rings. The molecule has 0 fully saturated rings. The van der Waals surface area contributed by atoms with E-state index in [1.54, 1.807) is 24.3 Å². The summed E-state index contributed by atoms with van der Waals surface area (Å²) < 4.78 is 40.7. The van der Waals surface area contributed by atoms with Crippen molar-refractivity contribution in [2.24, 2.45) is 0 Å². The summed E-state index contributed by atoms with van der Waals surface area (Å²) in [6, 6.07) is 10.6. The van der Waals surface area contributed by atoms with Crippen molar-refractivity contribution in [1.82, 2.24) is 9.13 Å². The highest BCUT2D eigenvalue weighted by Crippen LogP contribution is 2.29. The molecule has 0 unspecified atom stereocenters. The predicted molar refractivity (Wildman–Crippen MR) is 108 cm³/mol. The van der Waals surface area contributed by atoms with Crippen LogP contribution in [-0.4, -0.2) is 34.3 Å². The number of hydrogen-bond donors (Lipinski definition) is 1. The van der Waals surface area contributed by atoms with Gasteiger partial charge in [0.1, 0.15) is 5.56 Å². The summed E-state index contributed by atoms with van der Waals surface area (Å²) in [5.74, 6) is -1.59. The van der Waals surface area contributed by atoms with Crippen LogP contribution in [0.4, 0.5) is 18.9 Å². The molecule has 0 amide bonds. The third-order valence-corrected chi connectivity index (χ3v) is 4.62. The van der Waals surface area contributed by atoms with Gasteiger partial charge in [0.25, 0.3) is 5.56 Å². The van der Waals surface area contributed by atoms with Gasteiger partial charge in [-0.2, -0.15) is 13.2 Å². The maximum Gasteiger partial charge on any atom is 0.416 e. The van der Waals surface area contributed by atoms with Crippen molar-refractivity contribution in [3.05, 3.63) is 92.3 Å². The third kappa shape index (κ3) is 4.52.